The summed E-state index contributed by atoms with van der Waals surface area (Å²) in [7, 11) is -3.62. The largest absolute Gasteiger partial charge is 0.377 e. The van der Waals surface area contributed by atoms with Crippen molar-refractivity contribution in [3.05, 3.63) is 65.7 Å². The quantitative estimate of drug-likeness (QED) is 0.764. The lowest BCUT2D eigenvalue weighted by molar-refractivity contribution is 0.0939. The lowest BCUT2D eigenvalue weighted by Crippen LogP contribution is -2.32. The molecule has 3 rings (SSSR count). The van der Waals surface area contributed by atoms with Gasteiger partial charge in [-0.1, -0.05) is 30.3 Å². The smallest absolute Gasteiger partial charge is 0.251 e. The summed E-state index contributed by atoms with van der Waals surface area (Å²) in [5, 5.41) is 2.91. The van der Waals surface area contributed by atoms with E-state index in [4.69, 9.17) is 4.74 Å². The molecule has 2 N–H and O–H groups in total. The Bertz CT molecular complexity index is 861. The van der Waals surface area contributed by atoms with E-state index in [1.54, 1.807) is 0 Å². The Morgan fingerprint density at radius 2 is 1.85 bits per heavy atom. The van der Waals surface area contributed by atoms with E-state index in [1.807, 2.05) is 37.3 Å². The minimum atomic E-state index is -3.62. The van der Waals surface area contributed by atoms with Gasteiger partial charge in [0.15, 0.2) is 0 Å². The van der Waals surface area contributed by atoms with Gasteiger partial charge in [-0.3, -0.25) is 4.79 Å². The van der Waals surface area contributed by atoms with Gasteiger partial charge in [0.2, 0.25) is 10.0 Å². The first-order valence-electron chi connectivity index (χ1n) is 9.03. The molecule has 2 aromatic rings. The van der Waals surface area contributed by atoms with Gasteiger partial charge in [0.1, 0.15) is 0 Å². The monoisotopic (exact) mass is 388 g/mol. The van der Waals surface area contributed by atoms with E-state index in [0.29, 0.717) is 12.2 Å². The van der Waals surface area contributed by atoms with Crippen LogP contribution in [0.25, 0.3) is 0 Å². The molecule has 7 heteroatoms. The van der Waals surface area contributed by atoms with E-state index in [-0.39, 0.29) is 29.5 Å². The Morgan fingerprint density at radius 1 is 1.15 bits per heavy atom. The number of carbonyl (C=O) groups is 1. The lowest BCUT2D eigenvalue weighted by Gasteiger charge is -2.15. The van der Waals surface area contributed by atoms with Crippen molar-refractivity contribution in [1.82, 2.24) is 10.0 Å². The summed E-state index contributed by atoms with van der Waals surface area (Å²) in [6, 6.07) is 15.4. The molecule has 1 fully saturated rings. The summed E-state index contributed by atoms with van der Waals surface area (Å²) in [6.07, 6.45) is 1.75. The fraction of sp³-hybridized carbons (Fsp3) is 0.350. The van der Waals surface area contributed by atoms with E-state index in [1.165, 1.54) is 24.3 Å². The third-order valence-electron chi connectivity index (χ3n) is 4.60. The van der Waals surface area contributed by atoms with Crippen LogP contribution in [0.1, 0.15) is 41.7 Å². The molecule has 1 amide bonds. The molecule has 27 heavy (non-hydrogen) atoms. The highest BCUT2D eigenvalue weighted by Crippen LogP contribution is 2.16. The second-order valence-corrected chi connectivity index (χ2v) is 8.38. The van der Waals surface area contributed by atoms with Crippen molar-refractivity contribution >= 4 is 15.9 Å². The van der Waals surface area contributed by atoms with Gasteiger partial charge >= 0.3 is 0 Å². The summed E-state index contributed by atoms with van der Waals surface area (Å²) in [4.78, 5) is 12.5. The third kappa shape index (κ3) is 5.15. The molecule has 0 radical (unpaired) electrons. The fourth-order valence-electron chi connectivity index (χ4n) is 2.98. The molecule has 2 atom stereocenters. The molecular weight excluding hydrogens is 364 g/mol. The van der Waals surface area contributed by atoms with Gasteiger partial charge in [-0.15, -0.1) is 0 Å². The molecule has 0 bridgehead atoms. The molecule has 0 spiro atoms. The number of rotatable bonds is 7. The minimum absolute atomic E-state index is 0.0655. The van der Waals surface area contributed by atoms with Gasteiger partial charge in [0, 0.05) is 18.7 Å². The van der Waals surface area contributed by atoms with Crippen molar-refractivity contribution in [2.75, 3.05) is 13.2 Å². The number of carbonyl (C=O) groups excluding carboxylic acids is 1. The minimum Gasteiger partial charge on any atom is -0.377 e. The highest BCUT2D eigenvalue weighted by molar-refractivity contribution is 7.89. The molecule has 1 saturated heterocycles. The first-order chi connectivity index (χ1) is 13.0. The van der Waals surface area contributed by atoms with Crippen molar-refractivity contribution in [3.8, 4) is 0 Å². The molecule has 6 nitrogen and oxygen atoms in total. The van der Waals surface area contributed by atoms with E-state index in [9.17, 15) is 13.2 Å². The van der Waals surface area contributed by atoms with E-state index < -0.39 is 10.0 Å². The summed E-state index contributed by atoms with van der Waals surface area (Å²) < 4.78 is 32.7. The van der Waals surface area contributed by atoms with E-state index >= 15 is 0 Å². The average Bonchev–Trinajstić information content (AvgIpc) is 3.21. The summed E-state index contributed by atoms with van der Waals surface area (Å²) in [5.41, 5.74) is 1.42. The molecule has 1 aliphatic rings. The van der Waals surface area contributed by atoms with E-state index in [0.717, 1.165) is 18.4 Å². The summed E-state index contributed by atoms with van der Waals surface area (Å²) >= 11 is 0. The number of ether oxygens (including phenoxy) is 1. The van der Waals surface area contributed by atoms with Gasteiger partial charge < -0.3 is 10.1 Å². The molecule has 0 unspecified atom stereocenters. The van der Waals surface area contributed by atoms with Crippen LogP contribution in [0.5, 0.6) is 0 Å². The Labute approximate surface area is 160 Å². The molecule has 0 aromatic heterocycles. The first-order valence-corrected chi connectivity index (χ1v) is 10.5. The number of benzene rings is 2. The third-order valence-corrected chi connectivity index (χ3v) is 6.04. The highest BCUT2D eigenvalue weighted by Gasteiger charge is 2.20. The maximum Gasteiger partial charge on any atom is 0.251 e. The Morgan fingerprint density at radius 3 is 2.48 bits per heavy atom. The second kappa shape index (κ2) is 8.65. The summed E-state index contributed by atoms with van der Waals surface area (Å²) in [6.45, 7) is 2.85. The van der Waals surface area contributed by atoms with Crippen molar-refractivity contribution < 1.29 is 17.9 Å². The van der Waals surface area contributed by atoms with Gasteiger partial charge in [-0.2, -0.15) is 0 Å². The molecule has 2 aromatic carbocycles. The zero-order valence-corrected chi connectivity index (χ0v) is 16.0. The van der Waals surface area contributed by atoms with Crippen LogP contribution < -0.4 is 10.0 Å². The van der Waals surface area contributed by atoms with E-state index in [2.05, 4.69) is 10.0 Å². The molecule has 1 aliphatic heterocycles. The number of sulfonamides is 1. The van der Waals surface area contributed by atoms with Crippen LogP contribution in [-0.2, 0) is 14.8 Å². The van der Waals surface area contributed by atoms with Crippen LogP contribution in [-0.4, -0.2) is 33.6 Å². The van der Waals surface area contributed by atoms with Gasteiger partial charge in [0.05, 0.1) is 17.0 Å². The standard InChI is InChI=1S/C20H24N2O4S/c1-15(16-6-3-2-4-7-16)22-20(23)17-9-11-19(12-10-17)27(24,25)21-14-18-8-5-13-26-18/h2-4,6-7,9-12,15,18,21H,5,8,13-14H2,1H3,(H,22,23)/t15-,18-/m1/s1. The van der Waals surface area contributed by atoms with Crippen LogP contribution in [0.4, 0.5) is 0 Å². The topological polar surface area (TPSA) is 84.5 Å². The highest BCUT2D eigenvalue weighted by atomic mass is 32.2. The van der Waals surface area contributed by atoms with Gasteiger partial charge in [-0.05, 0) is 49.6 Å². The number of hydrogen-bond donors (Lipinski definition) is 2. The molecule has 1 heterocycles. The van der Waals surface area contributed by atoms with Crippen LogP contribution in [0, 0.1) is 0 Å². The lowest BCUT2D eigenvalue weighted by atomic mass is 10.1. The number of nitrogens with one attached hydrogen (secondary N) is 2. The zero-order chi connectivity index (χ0) is 19.3. The summed E-state index contributed by atoms with van der Waals surface area (Å²) in [5.74, 6) is -0.248. The molecule has 0 saturated carbocycles. The molecule has 144 valence electrons. The SMILES string of the molecule is C[C@@H](NC(=O)c1ccc(S(=O)(=O)NC[C@H]2CCCO2)cc1)c1ccccc1. The van der Waals surface area contributed by atoms with Gasteiger partial charge in [-0.25, -0.2) is 13.1 Å². The van der Waals surface area contributed by atoms with Crippen molar-refractivity contribution in [1.29, 1.82) is 0 Å². The Kier molecular flexibility index (Phi) is 6.26. The van der Waals surface area contributed by atoms with Crippen LogP contribution in [0.15, 0.2) is 59.5 Å². The Hall–Kier alpha value is -2.22. The average molecular weight is 388 g/mol. The first kappa shape index (κ1) is 19.5. The predicted octanol–water partition coefficient (Wildman–Crippen LogP) is 2.63. The maximum absolute atomic E-state index is 12.4. The maximum atomic E-state index is 12.4. The van der Waals surface area contributed by atoms with Crippen molar-refractivity contribution in [3.63, 3.8) is 0 Å². The van der Waals surface area contributed by atoms with Crippen molar-refractivity contribution in [2.24, 2.45) is 0 Å². The number of hydrogen-bond acceptors (Lipinski definition) is 4. The number of amides is 1. The van der Waals surface area contributed by atoms with Crippen LogP contribution in [0.3, 0.4) is 0 Å². The normalized spacial score (nSPS) is 18.2. The van der Waals surface area contributed by atoms with Crippen LogP contribution in [0.2, 0.25) is 0 Å². The molecular formula is C20H24N2O4S. The van der Waals surface area contributed by atoms with Crippen LogP contribution >= 0.6 is 0 Å². The zero-order valence-electron chi connectivity index (χ0n) is 15.2. The van der Waals surface area contributed by atoms with Gasteiger partial charge in [0.25, 0.3) is 5.91 Å². The Balaban J connectivity index is 1.61. The fourth-order valence-corrected chi connectivity index (χ4v) is 4.05. The van der Waals surface area contributed by atoms with Crippen molar-refractivity contribution in [2.45, 2.75) is 36.8 Å². The predicted molar refractivity (Wildman–Crippen MR) is 103 cm³/mol. The second-order valence-electron chi connectivity index (χ2n) is 6.62. The molecule has 0 aliphatic carbocycles.